The Labute approximate surface area is 164 Å². The van der Waals surface area contributed by atoms with Crippen LogP contribution in [0.3, 0.4) is 0 Å². The fourth-order valence-electron chi connectivity index (χ4n) is 3.26. The predicted molar refractivity (Wildman–Crippen MR) is 106 cm³/mol. The van der Waals surface area contributed by atoms with Crippen LogP contribution in [0.25, 0.3) is 0 Å². The zero-order valence-corrected chi connectivity index (χ0v) is 16.6. The minimum atomic E-state index is -1.23. The summed E-state index contributed by atoms with van der Waals surface area (Å²) in [5, 5.41) is 39.5. The van der Waals surface area contributed by atoms with E-state index in [1.807, 2.05) is 34.6 Å². The second-order valence-corrected chi connectivity index (χ2v) is 7.65. The zero-order chi connectivity index (χ0) is 21.3. The van der Waals surface area contributed by atoms with Gasteiger partial charge in [0.25, 0.3) is 0 Å². The van der Waals surface area contributed by atoms with Gasteiger partial charge in [-0.05, 0) is 46.2 Å². The third kappa shape index (κ3) is 3.96. The zero-order valence-electron chi connectivity index (χ0n) is 16.6. The van der Waals surface area contributed by atoms with Crippen LogP contribution in [0.15, 0.2) is 24.3 Å². The van der Waals surface area contributed by atoms with Crippen molar-refractivity contribution in [1.82, 2.24) is 0 Å². The van der Waals surface area contributed by atoms with Gasteiger partial charge >= 0.3 is 11.9 Å². The van der Waals surface area contributed by atoms with Crippen LogP contribution >= 0.6 is 0 Å². The first-order valence-corrected chi connectivity index (χ1v) is 9.15. The van der Waals surface area contributed by atoms with E-state index in [1.165, 1.54) is 12.1 Å². The van der Waals surface area contributed by atoms with Crippen LogP contribution < -0.4 is 0 Å². The summed E-state index contributed by atoms with van der Waals surface area (Å²) in [6.45, 7) is 9.26. The van der Waals surface area contributed by atoms with Gasteiger partial charge in [0.1, 0.15) is 22.6 Å². The number of phenols is 2. The molecule has 0 amide bonds. The van der Waals surface area contributed by atoms with Crippen LogP contribution in [0.4, 0.5) is 0 Å². The van der Waals surface area contributed by atoms with E-state index in [2.05, 4.69) is 0 Å². The highest BCUT2D eigenvalue weighted by Crippen LogP contribution is 2.38. The molecule has 6 heteroatoms. The first kappa shape index (κ1) is 21.3. The summed E-state index contributed by atoms with van der Waals surface area (Å²) in [5.74, 6) is -3.48. The number of aromatic carboxylic acids is 2. The molecule has 0 saturated carbocycles. The lowest BCUT2D eigenvalue weighted by atomic mass is 9.85. The highest BCUT2D eigenvalue weighted by molar-refractivity contribution is 5.92. The van der Waals surface area contributed by atoms with E-state index in [4.69, 9.17) is 0 Å². The van der Waals surface area contributed by atoms with Gasteiger partial charge in [0.2, 0.25) is 0 Å². The lowest BCUT2D eigenvalue weighted by Gasteiger charge is -2.20. The number of carboxylic acids is 2. The average Bonchev–Trinajstić information content (AvgIpc) is 2.60. The molecular formula is C22H26O6. The summed E-state index contributed by atoms with van der Waals surface area (Å²) in [6, 6.07) is 6.33. The number of benzene rings is 2. The smallest absolute Gasteiger partial charge is 0.339 e. The minimum absolute atomic E-state index is 0.0918. The van der Waals surface area contributed by atoms with E-state index in [-0.39, 0.29) is 40.4 Å². The lowest BCUT2D eigenvalue weighted by Crippen LogP contribution is -2.08. The number of carbonyl (C=O) groups is 2. The number of hydrogen-bond donors (Lipinski definition) is 4. The lowest BCUT2D eigenvalue weighted by molar-refractivity contribution is 0.0682. The van der Waals surface area contributed by atoms with E-state index < -0.39 is 11.9 Å². The van der Waals surface area contributed by atoms with Gasteiger partial charge in [0.05, 0.1) is 0 Å². The number of hydrogen-bond acceptors (Lipinski definition) is 4. The van der Waals surface area contributed by atoms with Crippen LogP contribution in [-0.2, 0) is 0 Å². The molecule has 2 aromatic carbocycles. The van der Waals surface area contributed by atoms with Crippen molar-refractivity contribution in [3.63, 3.8) is 0 Å². The molecule has 28 heavy (non-hydrogen) atoms. The second kappa shape index (κ2) is 7.92. The van der Waals surface area contributed by atoms with Gasteiger partial charge in [-0.1, -0.05) is 46.8 Å². The summed E-state index contributed by atoms with van der Waals surface area (Å²) in [4.78, 5) is 23.1. The Kier molecular flexibility index (Phi) is 6.02. The van der Waals surface area contributed by atoms with Gasteiger partial charge in [-0.15, -0.1) is 0 Å². The van der Waals surface area contributed by atoms with Gasteiger partial charge in [-0.25, -0.2) is 9.59 Å². The van der Waals surface area contributed by atoms with E-state index >= 15 is 0 Å². The summed E-state index contributed by atoms with van der Waals surface area (Å²) >= 11 is 0. The Morgan fingerprint density at radius 1 is 0.679 bits per heavy atom. The molecule has 0 unspecified atom stereocenters. The fraction of sp³-hybridized carbons (Fsp3) is 0.364. The molecule has 0 aliphatic heterocycles. The minimum Gasteiger partial charge on any atom is -0.507 e. The van der Waals surface area contributed by atoms with E-state index in [1.54, 1.807) is 12.1 Å². The molecule has 0 heterocycles. The molecule has 0 saturated heterocycles. The van der Waals surface area contributed by atoms with Gasteiger partial charge < -0.3 is 20.4 Å². The third-order valence-corrected chi connectivity index (χ3v) is 5.03. The van der Waals surface area contributed by atoms with E-state index in [0.29, 0.717) is 22.3 Å². The largest absolute Gasteiger partial charge is 0.507 e. The fourth-order valence-corrected chi connectivity index (χ4v) is 3.26. The van der Waals surface area contributed by atoms with Crippen molar-refractivity contribution in [3.8, 4) is 11.5 Å². The monoisotopic (exact) mass is 386 g/mol. The average molecular weight is 386 g/mol. The van der Waals surface area contributed by atoms with Gasteiger partial charge in [-0.2, -0.15) is 0 Å². The molecule has 6 nitrogen and oxygen atoms in total. The summed E-state index contributed by atoms with van der Waals surface area (Å²) < 4.78 is 0. The topological polar surface area (TPSA) is 115 Å². The molecule has 150 valence electrons. The Morgan fingerprint density at radius 2 is 1.00 bits per heavy atom. The van der Waals surface area contributed by atoms with E-state index in [9.17, 15) is 30.0 Å². The third-order valence-electron chi connectivity index (χ3n) is 5.03. The Morgan fingerprint density at radius 3 is 1.25 bits per heavy atom. The van der Waals surface area contributed by atoms with Crippen LogP contribution in [0.2, 0.25) is 0 Å². The molecule has 2 aromatic rings. The predicted octanol–water partition coefficient (Wildman–Crippen LogP) is 4.89. The molecular weight excluding hydrogens is 360 g/mol. The van der Waals surface area contributed by atoms with Crippen LogP contribution in [0.5, 0.6) is 11.5 Å². The second-order valence-electron chi connectivity index (χ2n) is 7.65. The molecule has 0 aromatic heterocycles. The van der Waals surface area contributed by atoms with Crippen LogP contribution in [0, 0.1) is 0 Å². The molecule has 0 aliphatic carbocycles. The summed E-state index contributed by atoms with van der Waals surface area (Å²) in [5.41, 5.74) is 1.96. The molecule has 2 rings (SSSR count). The van der Waals surface area contributed by atoms with Crippen molar-refractivity contribution in [3.05, 3.63) is 57.6 Å². The molecule has 0 atom stereocenters. The van der Waals surface area contributed by atoms with Gasteiger partial charge in [0, 0.05) is 5.92 Å². The Balaban J connectivity index is 2.71. The molecule has 0 aliphatic rings. The van der Waals surface area contributed by atoms with Gasteiger partial charge in [-0.3, -0.25) is 0 Å². The first-order valence-electron chi connectivity index (χ1n) is 9.15. The highest BCUT2D eigenvalue weighted by atomic mass is 16.4. The van der Waals surface area contributed by atoms with Crippen molar-refractivity contribution >= 4 is 11.9 Å². The molecule has 0 bridgehead atoms. The van der Waals surface area contributed by atoms with Crippen LogP contribution in [0.1, 0.15) is 95.3 Å². The quantitative estimate of drug-likeness (QED) is 0.562. The van der Waals surface area contributed by atoms with Crippen molar-refractivity contribution in [1.29, 1.82) is 0 Å². The van der Waals surface area contributed by atoms with Gasteiger partial charge in [0.15, 0.2) is 0 Å². The maximum absolute atomic E-state index is 11.6. The maximum atomic E-state index is 11.6. The van der Waals surface area contributed by atoms with Crippen molar-refractivity contribution in [2.24, 2.45) is 0 Å². The Hall–Kier alpha value is -3.02. The Bertz CT molecular complexity index is 852. The standard InChI is InChI=1S/C22H26O6/c1-10(2)15-6-13(8-17(19(15)23)21(25)26)12(5)14-7-16(11(3)4)20(24)18(9-14)22(27)28/h6-12,23-24H,1-5H3,(H,25,26)(H,27,28). The first-order chi connectivity index (χ1) is 13.0. The summed E-state index contributed by atoms with van der Waals surface area (Å²) in [7, 11) is 0. The summed E-state index contributed by atoms with van der Waals surface area (Å²) in [6.07, 6.45) is 0. The highest BCUT2D eigenvalue weighted by Gasteiger charge is 2.23. The number of aromatic hydroxyl groups is 2. The number of rotatable bonds is 6. The van der Waals surface area contributed by atoms with Crippen molar-refractivity contribution in [2.75, 3.05) is 0 Å². The molecule has 4 N–H and O–H groups in total. The SMILES string of the molecule is CC(C)c1cc(C(C)c2cc(C(=O)O)c(O)c(C(C)C)c2)cc(C(=O)O)c1O. The molecule has 0 spiro atoms. The number of carboxylic acid groups (broad SMARTS) is 2. The van der Waals surface area contributed by atoms with Crippen LogP contribution in [-0.4, -0.2) is 32.4 Å². The normalized spacial score (nSPS) is 11.4. The maximum Gasteiger partial charge on any atom is 0.339 e. The molecule has 0 fully saturated rings. The van der Waals surface area contributed by atoms with Crippen molar-refractivity contribution < 1.29 is 30.0 Å². The molecule has 0 radical (unpaired) electrons. The van der Waals surface area contributed by atoms with Crippen molar-refractivity contribution in [2.45, 2.75) is 52.4 Å². The van der Waals surface area contributed by atoms with E-state index in [0.717, 1.165) is 0 Å².